The van der Waals surface area contributed by atoms with E-state index in [0.29, 0.717) is 11.8 Å². The number of para-hydroxylation sites is 2. The zero-order valence-corrected chi connectivity index (χ0v) is 21.6. The van der Waals surface area contributed by atoms with Crippen LogP contribution >= 0.6 is 0 Å². The van der Waals surface area contributed by atoms with Crippen LogP contribution in [0.2, 0.25) is 0 Å². The number of pyridine rings is 2. The number of rotatable bonds is 6. The predicted octanol–water partition coefficient (Wildman–Crippen LogP) is 7.82. The Morgan fingerprint density at radius 3 is 1.03 bits per heavy atom. The zero-order valence-electron chi connectivity index (χ0n) is 21.6. The van der Waals surface area contributed by atoms with Crippen molar-refractivity contribution in [2.75, 3.05) is 0 Å². The van der Waals surface area contributed by atoms with E-state index in [1.165, 1.54) is 44.8 Å². The third kappa shape index (κ3) is 4.85. The van der Waals surface area contributed by atoms with Gasteiger partial charge < -0.3 is 0 Å². The fourth-order valence-electron chi connectivity index (χ4n) is 4.84. The highest BCUT2D eigenvalue weighted by atomic mass is 14.9. The average Bonchev–Trinajstić information content (AvgIpc) is 2.93. The molecule has 2 nitrogen and oxygen atoms in total. The summed E-state index contributed by atoms with van der Waals surface area (Å²) in [4.78, 5) is 0. The third-order valence-electron chi connectivity index (χ3n) is 6.88. The van der Waals surface area contributed by atoms with Crippen LogP contribution in [0.15, 0.2) is 122 Å². The van der Waals surface area contributed by atoms with Crippen molar-refractivity contribution in [3.63, 3.8) is 0 Å². The summed E-state index contributed by atoms with van der Waals surface area (Å²) >= 11 is 0. The lowest BCUT2D eigenvalue weighted by Gasteiger charge is -2.09. The molecule has 2 heterocycles. The van der Waals surface area contributed by atoms with Gasteiger partial charge in [-0.05, 0) is 34.1 Å². The Bertz CT molecular complexity index is 1330. The molecule has 36 heavy (non-hydrogen) atoms. The fraction of sp³-hybridized carbons (Fsp3) is 0.176. The van der Waals surface area contributed by atoms with Crippen molar-refractivity contribution >= 4 is 0 Å². The number of aromatic nitrogens is 2. The first-order valence-electron chi connectivity index (χ1n) is 12.8. The maximum atomic E-state index is 2.24. The maximum Gasteiger partial charge on any atom is 0.214 e. The molecule has 0 bridgehead atoms. The predicted molar refractivity (Wildman–Crippen MR) is 149 cm³/mol. The van der Waals surface area contributed by atoms with Crippen LogP contribution in [0.25, 0.3) is 33.6 Å². The van der Waals surface area contributed by atoms with E-state index < -0.39 is 0 Å². The molecule has 0 aliphatic carbocycles. The van der Waals surface area contributed by atoms with Crippen LogP contribution in [0.4, 0.5) is 0 Å². The minimum Gasteiger partial charge on any atom is -0.167 e. The van der Waals surface area contributed by atoms with Crippen LogP contribution in [-0.2, 0) is 0 Å². The molecule has 0 fully saturated rings. The second-order valence-corrected chi connectivity index (χ2v) is 9.99. The summed E-state index contributed by atoms with van der Waals surface area (Å²) in [6, 6.07) is 34.9. The molecule has 0 spiro atoms. The zero-order chi connectivity index (χ0) is 25.1. The van der Waals surface area contributed by atoms with Gasteiger partial charge in [-0.1, -0.05) is 88.4 Å². The molecule has 5 rings (SSSR count). The molecule has 2 aromatic heterocycles. The van der Waals surface area contributed by atoms with Crippen LogP contribution in [0.5, 0.6) is 0 Å². The molecule has 0 saturated carbocycles. The monoisotopic (exact) mass is 470 g/mol. The van der Waals surface area contributed by atoms with Gasteiger partial charge in [-0.15, -0.1) is 0 Å². The van der Waals surface area contributed by atoms with Gasteiger partial charge in [0.2, 0.25) is 11.4 Å². The Morgan fingerprint density at radius 1 is 0.389 bits per heavy atom. The topological polar surface area (TPSA) is 7.76 Å². The van der Waals surface area contributed by atoms with Crippen molar-refractivity contribution in [1.29, 1.82) is 0 Å². The molecule has 0 aliphatic rings. The van der Waals surface area contributed by atoms with E-state index in [0.717, 1.165) is 0 Å². The largest absolute Gasteiger partial charge is 0.214 e. The van der Waals surface area contributed by atoms with Crippen LogP contribution in [-0.4, -0.2) is 0 Å². The molecule has 2 heteroatoms. The normalized spacial score (nSPS) is 11.3. The number of hydrogen-bond acceptors (Lipinski definition) is 0. The fourth-order valence-corrected chi connectivity index (χ4v) is 4.84. The van der Waals surface area contributed by atoms with Gasteiger partial charge in [0.05, 0.1) is 0 Å². The van der Waals surface area contributed by atoms with Crippen molar-refractivity contribution in [1.82, 2.24) is 0 Å². The summed E-state index contributed by atoms with van der Waals surface area (Å²) in [5, 5.41) is 0. The van der Waals surface area contributed by atoms with E-state index in [9.17, 15) is 0 Å². The van der Waals surface area contributed by atoms with Gasteiger partial charge in [0.25, 0.3) is 0 Å². The SMILES string of the molecule is CC(C)c1ccccc1-[n+]1ccc(-c2ccc(-c3cc[n+](-c4ccccc4C(C)C)cc3)cc2)cc1. The van der Waals surface area contributed by atoms with Crippen molar-refractivity contribution in [3.8, 4) is 33.6 Å². The molecular formula is C34H34N2+2. The van der Waals surface area contributed by atoms with Crippen molar-refractivity contribution in [3.05, 3.63) is 133 Å². The molecule has 3 aromatic carbocycles. The van der Waals surface area contributed by atoms with Crippen LogP contribution < -0.4 is 9.13 Å². The summed E-state index contributed by atoms with van der Waals surface area (Å²) < 4.78 is 4.42. The summed E-state index contributed by atoms with van der Waals surface area (Å²) in [6.07, 6.45) is 8.65. The molecule has 0 amide bonds. The number of nitrogens with zero attached hydrogens (tertiary/aromatic N) is 2. The maximum absolute atomic E-state index is 2.24. The highest BCUT2D eigenvalue weighted by Crippen LogP contribution is 2.25. The lowest BCUT2D eigenvalue weighted by molar-refractivity contribution is -0.596. The summed E-state index contributed by atoms with van der Waals surface area (Å²) in [5.41, 5.74) is 10.1. The van der Waals surface area contributed by atoms with E-state index in [2.05, 4.69) is 159 Å². The standard InChI is InChI=1S/C34H34N2/c1-25(2)31-9-5-7-11-33(31)35-21-17-29(18-22-35)27-13-15-28(16-14-27)30-19-23-36(24-20-30)34-12-8-6-10-32(34)26(3)4/h5-26H,1-4H3/q+2. The van der Waals surface area contributed by atoms with Crippen LogP contribution in [0, 0.1) is 0 Å². The van der Waals surface area contributed by atoms with Crippen molar-refractivity contribution in [2.24, 2.45) is 0 Å². The van der Waals surface area contributed by atoms with Gasteiger partial charge in [0.15, 0.2) is 24.8 Å². The first-order valence-corrected chi connectivity index (χ1v) is 12.8. The highest BCUT2D eigenvalue weighted by Gasteiger charge is 2.16. The molecule has 0 unspecified atom stereocenters. The third-order valence-corrected chi connectivity index (χ3v) is 6.88. The molecular weight excluding hydrogens is 436 g/mol. The molecule has 0 radical (unpaired) electrons. The summed E-state index contributed by atoms with van der Waals surface area (Å²) in [6.45, 7) is 8.97. The Labute approximate surface area is 215 Å². The smallest absolute Gasteiger partial charge is 0.167 e. The Kier molecular flexibility index (Phi) is 6.77. The molecule has 0 atom stereocenters. The van der Waals surface area contributed by atoms with Gasteiger partial charge in [0, 0.05) is 47.5 Å². The summed E-state index contributed by atoms with van der Waals surface area (Å²) in [5.74, 6) is 0.969. The van der Waals surface area contributed by atoms with Crippen molar-refractivity contribution in [2.45, 2.75) is 39.5 Å². The Hall–Kier alpha value is -4.04. The van der Waals surface area contributed by atoms with Gasteiger partial charge >= 0.3 is 0 Å². The molecule has 0 saturated heterocycles. The molecule has 5 aromatic rings. The number of hydrogen-bond donors (Lipinski definition) is 0. The van der Waals surface area contributed by atoms with E-state index in [-0.39, 0.29) is 0 Å². The van der Waals surface area contributed by atoms with E-state index in [4.69, 9.17) is 0 Å². The first kappa shape index (κ1) is 23.7. The van der Waals surface area contributed by atoms with Gasteiger partial charge in [-0.2, -0.15) is 9.13 Å². The quantitative estimate of drug-likeness (QED) is 0.224. The number of benzene rings is 3. The second kappa shape index (κ2) is 10.3. The van der Waals surface area contributed by atoms with Crippen molar-refractivity contribution < 1.29 is 9.13 Å². The van der Waals surface area contributed by atoms with Crippen LogP contribution in [0.3, 0.4) is 0 Å². The molecule has 0 N–H and O–H groups in total. The van der Waals surface area contributed by atoms with Crippen LogP contribution in [0.1, 0.15) is 50.7 Å². The lowest BCUT2D eigenvalue weighted by atomic mass is 10.00. The minimum atomic E-state index is 0.485. The first-order chi connectivity index (χ1) is 17.5. The highest BCUT2D eigenvalue weighted by molar-refractivity contribution is 5.69. The van der Waals surface area contributed by atoms with E-state index in [1.54, 1.807) is 0 Å². The van der Waals surface area contributed by atoms with E-state index >= 15 is 0 Å². The molecule has 178 valence electrons. The summed E-state index contributed by atoms with van der Waals surface area (Å²) in [7, 11) is 0. The van der Waals surface area contributed by atoms with Gasteiger partial charge in [-0.3, -0.25) is 0 Å². The van der Waals surface area contributed by atoms with Gasteiger partial charge in [0.1, 0.15) is 0 Å². The average molecular weight is 471 g/mol. The Morgan fingerprint density at radius 2 is 0.694 bits per heavy atom. The minimum absolute atomic E-state index is 0.485. The Balaban J connectivity index is 1.36. The lowest BCUT2D eigenvalue weighted by Crippen LogP contribution is -2.31. The van der Waals surface area contributed by atoms with E-state index in [1.807, 2.05) is 0 Å². The van der Waals surface area contributed by atoms with Gasteiger partial charge in [-0.25, -0.2) is 0 Å². The molecule has 0 aliphatic heterocycles. The second-order valence-electron chi connectivity index (χ2n) is 9.99.